The van der Waals surface area contributed by atoms with Crippen molar-refractivity contribution in [2.45, 2.75) is 31.2 Å². The molecule has 2 aromatic rings. The Morgan fingerprint density at radius 1 is 1.24 bits per heavy atom. The lowest BCUT2D eigenvalue weighted by molar-refractivity contribution is -0.136. The van der Waals surface area contributed by atoms with E-state index in [9.17, 15) is 4.79 Å². The second kappa shape index (κ2) is 9.15. The van der Waals surface area contributed by atoms with Crippen molar-refractivity contribution in [2.75, 3.05) is 39.2 Å². The van der Waals surface area contributed by atoms with Gasteiger partial charge in [-0.3, -0.25) is 9.36 Å². The smallest absolute Gasteiger partial charge is 0.233 e. The van der Waals surface area contributed by atoms with Gasteiger partial charge in [0, 0.05) is 24.7 Å². The molecule has 1 atom stereocenters. The normalized spacial score (nSPS) is 20.2. The van der Waals surface area contributed by atoms with E-state index in [1.807, 2.05) is 40.7 Å². The number of likely N-dealkylation sites (tertiary alicyclic amines) is 1. The van der Waals surface area contributed by atoms with Crippen LogP contribution in [0.4, 0.5) is 0 Å². The van der Waals surface area contributed by atoms with Crippen LogP contribution in [0.1, 0.15) is 18.7 Å². The standard InChI is InChI=1S/C20H26N4O4S/c1-14-21-22-20(24(14)16-5-7-17(26-2)8-6-16)29-13-18(25)23-9-3-4-15(12-23)19-27-10-11-28-19/h5-8,15,19H,3-4,9-13H2,1-2H3. The number of carbonyl (C=O) groups is 1. The number of aryl methyl sites for hydroxylation is 1. The monoisotopic (exact) mass is 418 g/mol. The van der Waals surface area contributed by atoms with Gasteiger partial charge >= 0.3 is 0 Å². The third kappa shape index (κ3) is 4.57. The van der Waals surface area contributed by atoms with E-state index in [4.69, 9.17) is 14.2 Å². The van der Waals surface area contributed by atoms with Crippen molar-refractivity contribution >= 4 is 17.7 Å². The summed E-state index contributed by atoms with van der Waals surface area (Å²) < 4.78 is 18.5. The van der Waals surface area contributed by atoms with Crippen LogP contribution in [0.5, 0.6) is 5.75 Å². The molecule has 8 nitrogen and oxygen atoms in total. The minimum Gasteiger partial charge on any atom is -0.497 e. The van der Waals surface area contributed by atoms with Crippen molar-refractivity contribution < 1.29 is 19.0 Å². The summed E-state index contributed by atoms with van der Waals surface area (Å²) >= 11 is 1.41. The molecule has 1 unspecified atom stereocenters. The molecule has 1 aromatic carbocycles. The fourth-order valence-electron chi connectivity index (χ4n) is 3.79. The van der Waals surface area contributed by atoms with Gasteiger partial charge in [-0.15, -0.1) is 10.2 Å². The summed E-state index contributed by atoms with van der Waals surface area (Å²) in [5, 5.41) is 9.16. The van der Waals surface area contributed by atoms with Gasteiger partial charge in [0.1, 0.15) is 11.6 Å². The maximum Gasteiger partial charge on any atom is 0.233 e. The number of thioether (sulfide) groups is 1. The molecule has 2 saturated heterocycles. The van der Waals surface area contributed by atoms with Crippen LogP contribution in [0.15, 0.2) is 29.4 Å². The van der Waals surface area contributed by atoms with Crippen LogP contribution in [0.2, 0.25) is 0 Å². The average Bonchev–Trinajstić information content (AvgIpc) is 3.42. The highest BCUT2D eigenvalue weighted by Gasteiger charge is 2.32. The number of methoxy groups -OCH3 is 1. The molecule has 0 bridgehead atoms. The molecule has 2 fully saturated rings. The molecule has 9 heteroatoms. The quantitative estimate of drug-likeness (QED) is 0.666. The molecule has 1 aromatic heterocycles. The van der Waals surface area contributed by atoms with Gasteiger partial charge in [-0.1, -0.05) is 11.8 Å². The van der Waals surface area contributed by atoms with Crippen molar-refractivity contribution in [3.05, 3.63) is 30.1 Å². The Balaban J connectivity index is 1.39. The maximum atomic E-state index is 12.8. The maximum absolute atomic E-state index is 12.8. The predicted molar refractivity (Wildman–Crippen MR) is 108 cm³/mol. The van der Waals surface area contributed by atoms with E-state index >= 15 is 0 Å². The van der Waals surface area contributed by atoms with Crippen LogP contribution in [0.25, 0.3) is 5.69 Å². The Kier molecular flexibility index (Phi) is 6.37. The van der Waals surface area contributed by atoms with Crippen molar-refractivity contribution in [1.29, 1.82) is 0 Å². The van der Waals surface area contributed by atoms with Crippen LogP contribution in [-0.2, 0) is 14.3 Å². The van der Waals surface area contributed by atoms with E-state index in [2.05, 4.69) is 10.2 Å². The molecule has 1 amide bonds. The molecule has 3 heterocycles. The summed E-state index contributed by atoms with van der Waals surface area (Å²) in [7, 11) is 1.64. The van der Waals surface area contributed by atoms with Gasteiger partial charge in [-0.25, -0.2) is 0 Å². The van der Waals surface area contributed by atoms with Gasteiger partial charge in [0.05, 0.1) is 26.1 Å². The third-order valence-corrected chi connectivity index (χ3v) is 6.21. The predicted octanol–water partition coefficient (Wildman–Crippen LogP) is 2.29. The largest absolute Gasteiger partial charge is 0.497 e. The summed E-state index contributed by atoms with van der Waals surface area (Å²) in [4.78, 5) is 14.7. The summed E-state index contributed by atoms with van der Waals surface area (Å²) in [6, 6.07) is 7.71. The molecule has 29 heavy (non-hydrogen) atoms. The molecule has 0 spiro atoms. The van der Waals surface area contributed by atoms with E-state index in [1.165, 1.54) is 11.8 Å². The van der Waals surface area contributed by atoms with E-state index in [0.717, 1.165) is 36.6 Å². The summed E-state index contributed by atoms with van der Waals surface area (Å²) in [5.41, 5.74) is 0.941. The zero-order valence-corrected chi connectivity index (χ0v) is 17.6. The lowest BCUT2D eigenvalue weighted by Crippen LogP contribution is -2.44. The van der Waals surface area contributed by atoms with E-state index < -0.39 is 0 Å². The van der Waals surface area contributed by atoms with Crippen molar-refractivity contribution in [2.24, 2.45) is 5.92 Å². The highest BCUT2D eigenvalue weighted by atomic mass is 32.2. The number of nitrogens with zero attached hydrogens (tertiary/aromatic N) is 4. The van der Waals surface area contributed by atoms with Gasteiger partial charge in [-0.05, 0) is 44.0 Å². The first-order chi connectivity index (χ1) is 14.2. The Morgan fingerprint density at radius 3 is 2.72 bits per heavy atom. The number of aromatic nitrogens is 3. The zero-order valence-electron chi connectivity index (χ0n) is 16.7. The Morgan fingerprint density at radius 2 is 2.00 bits per heavy atom. The Hall–Kier alpha value is -2.10. The number of hydrogen-bond donors (Lipinski definition) is 0. The first-order valence-corrected chi connectivity index (χ1v) is 10.8. The number of piperidine rings is 1. The van der Waals surface area contributed by atoms with Gasteiger partial charge in [0.15, 0.2) is 11.4 Å². The lowest BCUT2D eigenvalue weighted by Gasteiger charge is -2.34. The van der Waals surface area contributed by atoms with Crippen molar-refractivity contribution in [3.63, 3.8) is 0 Å². The molecular weight excluding hydrogens is 392 g/mol. The summed E-state index contributed by atoms with van der Waals surface area (Å²) in [6.45, 7) is 4.66. The SMILES string of the molecule is COc1ccc(-n2c(C)nnc2SCC(=O)N2CCCC(C3OCCO3)C2)cc1. The van der Waals surface area contributed by atoms with Crippen LogP contribution in [0, 0.1) is 12.8 Å². The molecule has 0 N–H and O–H groups in total. The Labute approximate surface area is 174 Å². The van der Waals surface area contributed by atoms with Gasteiger partial charge in [0.2, 0.25) is 5.91 Å². The van der Waals surface area contributed by atoms with E-state index in [1.54, 1.807) is 7.11 Å². The molecule has 0 saturated carbocycles. The molecule has 4 rings (SSSR count). The number of hydrogen-bond acceptors (Lipinski definition) is 7. The number of rotatable bonds is 6. The molecule has 0 aliphatic carbocycles. The third-order valence-electron chi connectivity index (χ3n) is 5.29. The molecule has 2 aliphatic rings. The van der Waals surface area contributed by atoms with Crippen molar-refractivity contribution in [1.82, 2.24) is 19.7 Å². The second-order valence-corrected chi connectivity index (χ2v) is 8.15. The number of amides is 1. The minimum absolute atomic E-state index is 0.111. The second-order valence-electron chi connectivity index (χ2n) is 7.20. The van der Waals surface area contributed by atoms with Crippen molar-refractivity contribution in [3.8, 4) is 11.4 Å². The van der Waals surface area contributed by atoms with Crippen LogP contribution in [0.3, 0.4) is 0 Å². The molecule has 2 aliphatic heterocycles. The first kappa shape index (κ1) is 20.2. The minimum atomic E-state index is -0.168. The fraction of sp³-hybridized carbons (Fsp3) is 0.550. The van der Waals surface area contributed by atoms with E-state index in [0.29, 0.717) is 30.7 Å². The highest BCUT2D eigenvalue weighted by molar-refractivity contribution is 7.99. The van der Waals surface area contributed by atoms with E-state index in [-0.39, 0.29) is 18.1 Å². The van der Waals surface area contributed by atoms with Crippen LogP contribution in [-0.4, -0.2) is 71.0 Å². The summed E-state index contributed by atoms with van der Waals surface area (Å²) in [6.07, 6.45) is 1.84. The summed E-state index contributed by atoms with van der Waals surface area (Å²) in [5.74, 6) is 2.26. The number of ether oxygens (including phenoxy) is 3. The molecular formula is C20H26N4O4S. The Bertz CT molecular complexity index is 836. The lowest BCUT2D eigenvalue weighted by atomic mass is 9.97. The van der Waals surface area contributed by atoms with Gasteiger partial charge in [0.25, 0.3) is 0 Å². The van der Waals surface area contributed by atoms with Gasteiger partial charge < -0.3 is 19.1 Å². The highest BCUT2D eigenvalue weighted by Crippen LogP contribution is 2.27. The van der Waals surface area contributed by atoms with Crippen LogP contribution < -0.4 is 4.74 Å². The van der Waals surface area contributed by atoms with Gasteiger partial charge in [-0.2, -0.15) is 0 Å². The molecule has 156 valence electrons. The fourth-order valence-corrected chi connectivity index (χ4v) is 4.69. The average molecular weight is 419 g/mol. The first-order valence-electron chi connectivity index (χ1n) is 9.86. The van der Waals surface area contributed by atoms with Crippen LogP contribution >= 0.6 is 11.8 Å². The molecule has 0 radical (unpaired) electrons. The zero-order chi connectivity index (χ0) is 20.2. The number of benzene rings is 1. The topological polar surface area (TPSA) is 78.7 Å². The number of carbonyl (C=O) groups excluding carboxylic acids is 1.